The first-order valence-electron chi connectivity index (χ1n) is 7.29. The molecule has 1 aliphatic carbocycles. The lowest BCUT2D eigenvalue weighted by atomic mass is 10.0. The van der Waals surface area contributed by atoms with Crippen molar-refractivity contribution in [2.75, 3.05) is 19.6 Å². The lowest BCUT2D eigenvalue weighted by molar-refractivity contribution is -0.124. The number of carbonyl (C=O) groups is 1. The second-order valence-corrected chi connectivity index (χ2v) is 5.65. The number of amides is 1. The molecule has 0 bridgehead atoms. The van der Waals surface area contributed by atoms with E-state index >= 15 is 0 Å². The first-order valence-corrected chi connectivity index (χ1v) is 7.29. The summed E-state index contributed by atoms with van der Waals surface area (Å²) in [7, 11) is 0. The lowest BCUT2D eigenvalue weighted by Gasteiger charge is -2.33. The fourth-order valence-electron chi connectivity index (χ4n) is 3.14. The maximum absolute atomic E-state index is 11.8. The molecule has 1 aliphatic heterocycles. The number of nitrogens with one attached hydrogen (secondary N) is 1. The Kier molecular flexibility index (Phi) is 4.84. The van der Waals surface area contributed by atoms with Gasteiger partial charge in [-0.05, 0) is 39.2 Å². The van der Waals surface area contributed by atoms with Crippen LogP contribution in [0.4, 0.5) is 0 Å². The number of hydrogen-bond donors (Lipinski definition) is 1. The van der Waals surface area contributed by atoms with Gasteiger partial charge in [-0.1, -0.05) is 19.3 Å². The highest BCUT2D eigenvalue weighted by atomic mass is 16.1. The normalized spacial score (nSPS) is 27.2. The Morgan fingerprint density at radius 2 is 1.88 bits per heavy atom. The van der Waals surface area contributed by atoms with Crippen LogP contribution in [0.2, 0.25) is 0 Å². The fourth-order valence-corrected chi connectivity index (χ4v) is 3.14. The van der Waals surface area contributed by atoms with Crippen LogP contribution in [0, 0.1) is 5.92 Å². The third-order valence-electron chi connectivity index (χ3n) is 4.36. The molecule has 1 heterocycles. The van der Waals surface area contributed by atoms with Gasteiger partial charge in [0.1, 0.15) is 0 Å². The van der Waals surface area contributed by atoms with E-state index in [1.54, 1.807) is 0 Å². The maximum atomic E-state index is 11.8. The summed E-state index contributed by atoms with van der Waals surface area (Å²) in [6, 6.07) is 0.701. The van der Waals surface area contributed by atoms with Crippen LogP contribution in [-0.4, -0.2) is 36.5 Å². The van der Waals surface area contributed by atoms with Gasteiger partial charge in [0.05, 0.1) is 0 Å². The first kappa shape index (κ1) is 12.9. The average molecular weight is 238 g/mol. The van der Waals surface area contributed by atoms with Crippen molar-refractivity contribution in [3.8, 4) is 0 Å². The van der Waals surface area contributed by atoms with Gasteiger partial charge in [0.25, 0.3) is 0 Å². The van der Waals surface area contributed by atoms with Crippen LogP contribution in [0.3, 0.4) is 0 Å². The molecular weight excluding hydrogens is 212 g/mol. The van der Waals surface area contributed by atoms with Gasteiger partial charge < -0.3 is 5.32 Å². The van der Waals surface area contributed by atoms with Gasteiger partial charge in [-0.15, -0.1) is 0 Å². The standard InChI is InChI=1S/C14H26N2O/c1-12-6-4-5-10-16(12)11-9-15-14(17)13-7-2-3-8-13/h12-13H,2-11H2,1H3,(H,15,17). The van der Waals surface area contributed by atoms with E-state index in [9.17, 15) is 4.79 Å². The monoisotopic (exact) mass is 238 g/mol. The number of hydrogen-bond acceptors (Lipinski definition) is 2. The molecule has 1 saturated heterocycles. The third kappa shape index (κ3) is 3.70. The maximum Gasteiger partial charge on any atom is 0.223 e. The molecule has 17 heavy (non-hydrogen) atoms. The minimum absolute atomic E-state index is 0.298. The van der Waals surface area contributed by atoms with Crippen LogP contribution in [-0.2, 0) is 4.79 Å². The predicted octanol–water partition coefficient (Wildman–Crippen LogP) is 2.17. The van der Waals surface area contributed by atoms with Crippen molar-refractivity contribution in [2.24, 2.45) is 5.92 Å². The molecule has 2 fully saturated rings. The van der Waals surface area contributed by atoms with E-state index < -0.39 is 0 Å². The molecule has 3 nitrogen and oxygen atoms in total. The van der Waals surface area contributed by atoms with Crippen LogP contribution in [0.1, 0.15) is 51.9 Å². The molecule has 1 atom stereocenters. The zero-order valence-electron chi connectivity index (χ0n) is 11.1. The highest BCUT2D eigenvalue weighted by Crippen LogP contribution is 2.24. The van der Waals surface area contributed by atoms with Gasteiger partial charge in [-0.2, -0.15) is 0 Å². The highest BCUT2D eigenvalue weighted by molar-refractivity contribution is 5.78. The molecule has 3 heteroatoms. The van der Waals surface area contributed by atoms with Crippen molar-refractivity contribution < 1.29 is 4.79 Å². The Labute approximate surface area is 105 Å². The Morgan fingerprint density at radius 1 is 1.18 bits per heavy atom. The van der Waals surface area contributed by atoms with Crippen molar-refractivity contribution in [1.29, 1.82) is 0 Å². The predicted molar refractivity (Wildman–Crippen MR) is 69.9 cm³/mol. The molecule has 2 rings (SSSR count). The van der Waals surface area contributed by atoms with Crippen molar-refractivity contribution in [2.45, 2.75) is 57.9 Å². The van der Waals surface area contributed by atoms with Crippen molar-refractivity contribution in [1.82, 2.24) is 10.2 Å². The van der Waals surface area contributed by atoms with Crippen LogP contribution in [0.25, 0.3) is 0 Å². The van der Waals surface area contributed by atoms with Crippen LogP contribution >= 0.6 is 0 Å². The van der Waals surface area contributed by atoms with Crippen molar-refractivity contribution >= 4 is 5.91 Å². The molecule has 0 spiro atoms. The Bertz CT molecular complexity index is 249. The van der Waals surface area contributed by atoms with Gasteiger partial charge >= 0.3 is 0 Å². The van der Waals surface area contributed by atoms with Gasteiger partial charge in [0.2, 0.25) is 5.91 Å². The molecule has 0 aromatic rings. The average Bonchev–Trinajstić information content (AvgIpc) is 2.85. The number of carbonyl (C=O) groups excluding carboxylic acids is 1. The lowest BCUT2D eigenvalue weighted by Crippen LogP contribution is -2.43. The second kappa shape index (κ2) is 6.39. The number of nitrogens with zero attached hydrogens (tertiary/aromatic N) is 1. The summed E-state index contributed by atoms with van der Waals surface area (Å²) in [5.41, 5.74) is 0. The minimum Gasteiger partial charge on any atom is -0.355 e. The summed E-state index contributed by atoms with van der Waals surface area (Å²) in [6.45, 7) is 5.37. The molecular formula is C14H26N2O. The van der Waals surface area contributed by atoms with Crippen LogP contribution < -0.4 is 5.32 Å². The summed E-state index contributed by atoms with van der Waals surface area (Å²) in [6.07, 6.45) is 8.68. The summed E-state index contributed by atoms with van der Waals surface area (Å²) in [5.74, 6) is 0.612. The van der Waals surface area contributed by atoms with Gasteiger partial charge in [0.15, 0.2) is 0 Å². The zero-order chi connectivity index (χ0) is 12.1. The van der Waals surface area contributed by atoms with Gasteiger partial charge in [-0.3, -0.25) is 9.69 Å². The van der Waals surface area contributed by atoms with Crippen LogP contribution in [0.5, 0.6) is 0 Å². The topological polar surface area (TPSA) is 32.3 Å². The first-order chi connectivity index (χ1) is 8.27. The number of piperidine rings is 1. The van der Waals surface area contributed by atoms with E-state index in [0.29, 0.717) is 17.9 Å². The molecule has 1 unspecified atom stereocenters. The number of rotatable bonds is 4. The summed E-state index contributed by atoms with van der Waals surface area (Å²) in [4.78, 5) is 14.4. The molecule has 98 valence electrons. The highest BCUT2D eigenvalue weighted by Gasteiger charge is 2.23. The summed E-state index contributed by atoms with van der Waals surface area (Å²) in [5, 5.41) is 3.11. The van der Waals surface area contributed by atoms with E-state index in [4.69, 9.17) is 0 Å². The summed E-state index contributed by atoms with van der Waals surface area (Å²) >= 11 is 0. The van der Waals surface area contributed by atoms with E-state index in [0.717, 1.165) is 25.9 Å². The van der Waals surface area contributed by atoms with E-state index in [1.165, 1.54) is 38.6 Å². The Morgan fingerprint density at radius 3 is 2.59 bits per heavy atom. The molecule has 1 N–H and O–H groups in total. The molecule has 1 amide bonds. The molecule has 2 aliphatic rings. The smallest absolute Gasteiger partial charge is 0.223 e. The van der Waals surface area contributed by atoms with Crippen molar-refractivity contribution in [3.63, 3.8) is 0 Å². The van der Waals surface area contributed by atoms with Crippen molar-refractivity contribution in [3.05, 3.63) is 0 Å². The molecule has 0 aromatic carbocycles. The van der Waals surface area contributed by atoms with Crippen LogP contribution in [0.15, 0.2) is 0 Å². The quantitative estimate of drug-likeness (QED) is 0.814. The largest absolute Gasteiger partial charge is 0.355 e. The molecule has 0 radical (unpaired) electrons. The van der Waals surface area contributed by atoms with Gasteiger partial charge in [-0.25, -0.2) is 0 Å². The van der Waals surface area contributed by atoms with Gasteiger partial charge in [0, 0.05) is 25.0 Å². The van der Waals surface area contributed by atoms with E-state index in [2.05, 4.69) is 17.1 Å². The molecule has 0 aromatic heterocycles. The summed E-state index contributed by atoms with van der Waals surface area (Å²) < 4.78 is 0. The SMILES string of the molecule is CC1CCCCN1CCNC(=O)C1CCCC1. The van der Waals surface area contributed by atoms with E-state index in [-0.39, 0.29) is 0 Å². The zero-order valence-corrected chi connectivity index (χ0v) is 11.1. The fraction of sp³-hybridized carbons (Fsp3) is 0.929. The Balaban J connectivity index is 1.63. The number of likely N-dealkylation sites (tertiary alicyclic amines) is 1. The second-order valence-electron chi connectivity index (χ2n) is 5.65. The van der Waals surface area contributed by atoms with E-state index in [1.807, 2.05) is 0 Å². The minimum atomic E-state index is 0.298. The third-order valence-corrected chi connectivity index (χ3v) is 4.36. The Hall–Kier alpha value is -0.570. The molecule has 1 saturated carbocycles.